The molecule has 1 aliphatic heterocycles. The van der Waals surface area contributed by atoms with Crippen molar-refractivity contribution in [1.82, 2.24) is 4.90 Å². The Morgan fingerprint density at radius 2 is 1.89 bits per heavy atom. The van der Waals surface area contributed by atoms with Crippen molar-refractivity contribution in [2.75, 3.05) is 37.3 Å². The number of hydrogen-bond donors (Lipinski definition) is 1. The fourth-order valence-electron chi connectivity index (χ4n) is 2.83. The summed E-state index contributed by atoms with van der Waals surface area (Å²) in [6.45, 7) is 3.78. The van der Waals surface area contributed by atoms with E-state index in [0.717, 1.165) is 10.5 Å². The standard InChI is InChI=1S/C19H21ClN2O4S2/c1-13-3-4-14(11-17(13)20)21-28(24,25)15-5-6-18(27-2)16(12-15)19(23)22-7-9-26-10-8-22/h3-6,11-12,21H,7-10H2,1-2H3. The Kier molecular flexibility index (Phi) is 6.54. The average molecular weight is 441 g/mol. The molecular weight excluding hydrogens is 420 g/mol. The zero-order valence-electron chi connectivity index (χ0n) is 15.6. The maximum Gasteiger partial charge on any atom is 0.261 e. The Balaban J connectivity index is 1.92. The van der Waals surface area contributed by atoms with Crippen molar-refractivity contribution in [3.63, 3.8) is 0 Å². The molecule has 150 valence electrons. The van der Waals surface area contributed by atoms with Gasteiger partial charge in [-0.3, -0.25) is 9.52 Å². The minimum atomic E-state index is -3.87. The molecule has 1 saturated heterocycles. The number of aryl methyl sites for hydroxylation is 1. The number of sulfonamides is 1. The van der Waals surface area contributed by atoms with Gasteiger partial charge in [0.1, 0.15) is 0 Å². The molecule has 0 unspecified atom stereocenters. The highest BCUT2D eigenvalue weighted by Gasteiger charge is 2.24. The topological polar surface area (TPSA) is 75.7 Å². The van der Waals surface area contributed by atoms with Crippen molar-refractivity contribution in [2.45, 2.75) is 16.7 Å². The van der Waals surface area contributed by atoms with Crippen LogP contribution in [-0.2, 0) is 14.8 Å². The summed E-state index contributed by atoms with van der Waals surface area (Å²) in [7, 11) is -3.87. The summed E-state index contributed by atoms with van der Waals surface area (Å²) in [6.07, 6.45) is 1.85. The third-order valence-electron chi connectivity index (χ3n) is 4.43. The maximum absolute atomic E-state index is 12.9. The zero-order valence-corrected chi connectivity index (χ0v) is 18.0. The molecule has 2 aromatic rings. The number of halogens is 1. The van der Waals surface area contributed by atoms with Crippen molar-refractivity contribution in [3.05, 3.63) is 52.5 Å². The van der Waals surface area contributed by atoms with Crippen LogP contribution in [0, 0.1) is 6.92 Å². The Hall–Kier alpha value is -1.74. The monoisotopic (exact) mass is 440 g/mol. The van der Waals surface area contributed by atoms with Crippen LogP contribution >= 0.6 is 23.4 Å². The van der Waals surface area contributed by atoms with Gasteiger partial charge in [0, 0.05) is 23.0 Å². The summed E-state index contributed by atoms with van der Waals surface area (Å²) in [6, 6.07) is 9.54. The van der Waals surface area contributed by atoms with Gasteiger partial charge in [-0.1, -0.05) is 17.7 Å². The lowest BCUT2D eigenvalue weighted by molar-refractivity contribution is 0.0300. The Labute approximate surface area is 174 Å². The van der Waals surface area contributed by atoms with Gasteiger partial charge in [0.25, 0.3) is 15.9 Å². The smallest absolute Gasteiger partial charge is 0.261 e. The number of hydrogen-bond acceptors (Lipinski definition) is 5. The van der Waals surface area contributed by atoms with Gasteiger partial charge in [-0.15, -0.1) is 11.8 Å². The molecule has 9 heteroatoms. The first-order valence-corrected chi connectivity index (χ1v) is 11.7. The summed E-state index contributed by atoms with van der Waals surface area (Å²) >= 11 is 7.49. The first-order valence-electron chi connectivity index (χ1n) is 8.66. The van der Waals surface area contributed by atoms with E-state index in [0.29, 0.717) is 42.6 Å². The third-order valence-corrected chi connectivity index (χ3v) is 7.02. The number of ether oxygens (including phenoxy) is 1. The van der Waals surface area contributed by atoms with Gasteiger partial charge in [0.2, 0.25) is 0 Å². The number of carbonyl (C=O) groups excluding carboxylic acids is 1. The molecule has 2 aromatic carbocycles. The van der Waals surface area contributed by atoms with E-state index in [1.165, 1.54) is 23.9 Å². The van der Waals surface area contributed by atoms with Gasteiger partial charge in [0.15, 0.2) is 0 Å². The maximum atomic E-state index is 12.9. The second-order valence-corrected chi connectivity index (χ2v) is 9.27. The van der Waals surface area contributed by atoms with Crippen LogP contribution < -0.4 is 4.72 Å². The Bertz CT molecular complexity index is 989. The highest BCUT2D eigenvalue weighted by molar-refractivity contribution is 7.98. The molecule has 0 spiro atoms. The van der Waals surface area contributed by atoms with Gasteiger partial charge >= 0.3 is 0 Å². The fourth-order valence-corrected chi connectivity index (χ4v) is 4.65. The predicted octanol–water partition coefficient (Wildman–Crippen LogP) is 3.64. The van der Waals surface area contributed by atoms with Gasteiger partial charge in [-0.25, -0.2) is 8.42 Å². The minimum absolute atomic E-state index is 0.0265. The molecule has 1 amide bonds. The van der Waals surface area contributed by atoms with Crippen LogP contribution in [0.5, 0.6) is 0 Å². The van der Waals surface area contributed by atoms with E-state index in [1.54, 1.807) is 29.2 Å². The number of carbonyl (C=O) groups is 1. The summed E-state index contributed by atoms with van der Waals surface area (Å²) in [5.74, 6) is -0.192. The number of thioether (sulfide) groups is 1. The molecule has 1 fully saturated rings. The molecule has 0 aliphatic carbocycles. The lowest BCUT2D eigenvalue weighted by Crippen LogP contribution is -2.40. The summed E-state index contributed by atoms with van der Waals surface area (Å²) < 4.78 is 33.5. The van der Waals surface area contributed by atoms with E-state index >= 15 is 0 Å². The van der Waals surface area contributed by atoms with E-state index in [9.17, 15) is 13.2 Å². The van der Waals surface area contributed by atoms with Crippen molar-refractivity contribution < 1.29 is 17.9 Å². The third kappa shape index (κ3) is 4.63. The first kappa shape index (κ1) is 21.0. The van der Waals surface area contributed by atoms with Crippen LogP contribution in [-0.4, -0.2) is 51.8 Å². The SMILES string of the molecule is CSc1ccc(S(=O)(=O)Nc2ccc(C)c(Cl)c2)cc1C(=O)N1CCOCC1. The average Bonchev–Trinajstić information content (AvgIpc) is 2.70. The zero-order chi connectivity index (χ0) is 20.3. The lowest BCUT2D eigenvalue weighted by atomic mass is 10.2. The largest absolute Gasteiger partial charge is 0.378 e. The molecule has 6 nitrogen and oxygen atoms in total. The van der Waals surface area contributed by atoms with E-state index in [1.807, 2.05) is 13.2 Å². The number of nitrogens with one attached hydrogen (secondary N) is 1. The predicted molar refractivity (Wildman–Crippen MR) is 112 cm³/mol. The molecule has 3 rings (SSSR count). The number of benzene rings is 2. The van der Waals surface area contributed by atoms with E-state index in [-0.39, 0.29) is 10.8 Å². The van der Waals surface area contributed by atoms with Crippen LogP contribution in [0.25, 0.3) is 0 Å². The van der Waals surface area contributed by atoms with Gasteiger partial charge < -0.3 is 9.64 Å². The summed E-state index contributed by atoms with van der Waals surface area (Å²) in [5.41, 5.74) is 1.59. The Morgan fingerprint density at radius 3 is 2.54 bits per heavy atom. The van der Waals surface area contributed by atoms with E-state index in [2.05, 4.69) is 4.72 Å². The summed E-state index contributed by atoms with van der Waals surface area (Å²) in [5, 5.41) is 0.473. The molecule has 0 atom stereocenters. The molecule has 0 bridgehead atoms. The molecular formula is C19H21ClN2O4S2. The van der Waals surface area contributed by atoms with Crippen molar-refractivity contribution in [3.8, 4) is 0 Å². The van der Waals surface area contributed by atoms with Crippen molar-refractivity contribution in [2.24, 2.45) is 0 Å². The quantitative estimate of drug-likeness (QED) is 0.718. The van der Waals surface area contributed by atoms with Crippen LogP contribution in [0.1, 0.15) is 15.9 Å². The number of rotatable bonds is 5. The Morgan fingerprint density at radius 1 is 1.18 bits per heavy atom. The molecule has 0 aromatic heterocycles. The van der Waals surface area contributed by atoms with E-state index < -0.39 is 10.0 Å². The number of morpholine rings is 1. The van der Waals surface area contributed by atoms with Crippen LogP contribution in [0.2, 0.25) is 5.02 Å². The molecule has 0 radical (unpaired) electrons. The van der Waals surface area contributed by atoms with E-state index in [4.69, 9.17) is 16.3 Å². The lowest BCUT2D eigenvalue weighted by Gasteiger charge is -2.27. The molecule has 1 aliphatic rings. The fraction of sp³-hybridized carbons (Fsp3) is 0.316. The van der Waals surface area contributed by atoms with Crippen LogP contribution in [0.15, 0.2) is 46.2 Å². The second kappa shape index (κ2) is 8.73. The van der Waals surface area contributed by atoms with Crippen molar-refractivity contribution in [1.29, 1.82) is 0 Å². The number of amides is 1. The van der Waals surface area contributed by atoms with Gasteiger partial charge in [0.05, 0.1) is 29.4 Å². The van der Waals surface area contributed by atoms with Crippen molar-refractivity contribution >= 4 is 45.0 Å². The van der Waals surface area contributed by atoms with Crippen LogP contribution in [0.4, 0.5) is 5.69 Å². The number of anilines is 1. The van der Waals surface area contributed by atoms with Crippen LogP contribution in [0.3, 0.4) is 0 Å². The normalized spacial score (nSPS) is 14.8. The first-order chi connectivity index (χ1) is 13.3. The highest BCUT2D eigenvalue weighted by Crippen LogP contribution is 2.27. The summed E-state index contributed by atoms with van der Waals surface area (Å²) in [4.78, 5) is 15.4. The minimum Gasteiger partial charge on any atom is -0.378 e. The molecule has 1 N–H and O–H groups in total. The molecule has 1 heterocycles. The van der Waals surface area contributed by atoms with Gasteiger partial charge in [-0.05, 0) is 49.1 Å². The number of nitrogens with zero attached hydrogens (tertiary/aromatic N) is 1. The molecule has 0 saturated carbocycles. The highest BCUT2D eigenvalue weighted by atomic mass is 35.5. The molecule has 28 heavy (non-hydrogen) atoms. The van der Waals surface area contributed by atoms with Gasteiger partial charge in [-0.2, -0.15) is 0 Å². The second-order valence-electron chi connectivity index (χ2n) is 6.34.